The van der Waals surface area contributed by atoms with E-state index in [2.05, 4.69) is 68.9 Å². The van der Waals surface area contributed by atoms with Crippen molar-refractivity contribution in [1.29, 1.82) is 0 Å². The van der Waals surface area contributed by atoms with Gasteiger partial charge in [-0.05, 0) is 88.0 Å². The van der Waals surface area contributed by atoms with Gasteiger partial charge in [-0.1, -0.05) is 58.7 Å². The number of benzene rings is 1. The molecule has 1 aromatic carbocycles. The maximum Gasteiger partial charge on any atom is 0.410 e. The van der Waals surface area contributed by atoms with Crippen LogP contribution in [0.1, 0.15) is 116 Å². The number of pyridine rings is 1. The highest BCUT2D eigenvalue weighted by molar-refractivity contribution is 5.88. The summed E-state index contributed by atoms with van der Waals surface area (Å²) < 4.78 is 8.19. The monoisotopic (exact) mass is 531 g/mol. The Bertz CT molecular complexity index is 1230. The van der Waals surface area contributed by atoms with Crippen LogP contribution in [0.5, 0.6) is 0 Å². The molecule has 0 atom stereocenters. The highest BCUT2D eigenvalue weighted by atomic mass is 16.6. The van der Waals surface area contributed by atoms with E-state index in [0.29, 0.717) is 12.0 Å². The normalized spacial score (nSPS) is 14.9. The van der Waals surface area contributed by atoms with E-state index in [1.165, 1.54) is 58.8 Å². The third-order valence-corrected chi connectivity index (χ3v) is 8.23. The molecule has 1 aliphatic rings. The summed E-state index contributed by atoms with van der Waals surface area (Å²) in [5, 5.41) is 1.33. The Hall–Kier alpha value is -2.82. The molecule has 1 amide bonds. The average Bonchev–Trinajstić information content (AvgIpc) is 3.30. The van der Waals surface area contributed by atoms with Crippen molar-refractivity contribution in [2.75, 3.05) is 13.1 Å². The van der Waals surface area contributed by atoms with E-state index in [1.807, 2.05) is 25.7 Å². The molecule has 0 N–H and O–H groups in total. The van der Waals surface area contributed by atoms with Gasteiger partial charge in [-0.3, -0.25) is 4.98 Å². The van der Waals surface area contributed by atoms with Crippen molar-refractivity contribution in [3.05, 3.63) is 53.3 Å². The first-order chi connectivity index (χ1) is 18.7. The van der Waals surface area contributed by atoms with Gasteiger partial charge >= 0.3 is 6.09 Å². The molecule has 5 nitrogen and oxygen atoms in total. The third kappa shape index (κ3) is 6.50. The summed E-state index contributed by atoms with van der Waals surface area (Å²) >= 11 is 0. The second kappa shape index (κ2) is 12.6. The van der Waals surface area contributed by atoms with Gasteiger partial charge in [-0.2, -0.15) is 0 Å². The zero-order valence-electron chi connectivity index (χ0n) is 25.3. The number of carbonyl (C=O) groups excluding carboxylic acids is 1. The maximum absolute atomic E-state index is 12.7. The van der Waals surface area contributed by atoms with Crippen molar-refractivity contribution in [3.63, 3.8) is 0 Å². The quantitative estimate of drug-likeness (QED) is 0.277. The lowest BCUT2D eigenvalue weighted by atomic mass is 9.88. The van der Waals surface area contributed by atoms with E-state index in [-0.39, 0.29) is 6.09 Å². The van der Waals surface area contributed by atoms with Gasteiger partial charge in [0.1, 0.15) is 5.60 Å². The minimum absolute atomic E-state index is 0.191. The number of hydrogen-bond acceptors (Lipinski definition) is 3. The molecule has 0 bridgehead atoms. The summed E-state index contributed by atoms with van der Waals surface area (Å²) in [6.45, 7) is 16.3. The zero-order chi connectivity index (χ0) is 28.2. The van der Waals surface area contributed by atoms with Gasteiger partial charge in [0, 0.05) is 36.3 Å². The topological polar surface area (TPSA) is 47.4 Å². The Balaban J connectivity index is 1.76. The largest absolute Gasteiger partial charge is 0.444 e. The average molecular weight is 532 g/mol. The highest BCUT2D eigenvalue weighted by Gasteiger charge is 2.30. The molecule has 3 heterocycles. The van der Waals surface area contributed by atoms with Gasteiger partial charge < -0.3 is 14.2 Å². The third-order valence-electron chi connectivity index (χ3n) is 8.23. The Kier molecular flexibility index (Phi) is 9.40. The van der Waals surface area contributed by atoms with Crippen molar-refractivity contribution >= 4 is 17.0 Å². The van der Waals surface area contributed by atoms with Gasteiger partial charge in [-0.25, -0.2) is 4.79 Å². The van der Waals surface area contributed by atoms with Crippen molar-refractivity contribution in [1.82, 2.24) is 14.5 Å². The number of aryl methyl sites for hydroxylation is 2. The molecule has 0 unspecified atom stereocenters. The summed E-state index contributed by atoms with van der Waals surface area (Å²) in [6.07, 6.45) is 13.0. The fourth-order valence-electron chi connectivity index (χ4n) is 6.30. The SMILES string of the molecule is CCCC(CCC)n1cc(C2CCN(C(=O)OC(C)(C)C)CC2)c2cc(-c3c(CC)cccc3CC)ncc21. The predicted octanol–water partition coefficient (Wildman–Crippen LogP) is 9.08. The van der Waals surface area contributed by atoms with E-state index < -0.39 is 5.60 Å². The zero-order valence-corrected chi connectivity index (χ0v) is 25.3. The van der Waals surface area contributed by atoms with Crippen LogP contribution in [0.15, 0.2) is 36.7 Å². The molecule has 1 fully saturated rings. The van der Waals surface area contributed by atoms with E-state index in [9.17, 15) is 4.79 Å². The number of nitrogens with zero attached hydrogens (tertiary/aromatic N) is 3. The lowest BCUT2D eigenvalue weighted by Gasteiger charge is -2.33. The standard InChI is InChI=1S/C34H49N3O2/c1-8-13-27(14-9-2)37-23-29(26-17-19-36(20-18-26)33(38)39-34(5,6)7)28-21-30(35-22-31(28)37)32-24(10-3)15-12-16-25(32)11-4/h12,15-16,21-23,26-27H,8-11,13-14,17-20H2,1-7H3. The minimum Gasteiger partial charge on any atom is -0.444 e. The second-order valence-electron chi connectivity index (χ2n) is 12.2. The molecule has 0 spiro atoms. The molecule has 5 heteroatoms. The van der Waals surface area contributed by atoms with E-state index in [4.69, 9.17) is 9.72 Å². The number of ether oxygens (including phenoxy) is 1. The van der Waals surface area contributed by atoms with Gasteiger partial charge in [-0.15, -0.1) is 0 Å². The van der Waals surface area contributed by atoms with Crippen LogP contribution in [0.2, 0.25) is 0 Å². The van der Waals surface area contributed by atoms with E-state index in [0.717, 1.165) is 44.5 Å². The van der Waals surface area contributed by atoms with Gasteiger partial charge in [0.05, 0.1) is 17.4 Å². The lowest BCUT2D eigenvalue weighted by molar-refractivity contribution is 0.0205. The van der Waals surface area contributed by atoms with Crippen molar-refractivity contribution in [2.45, 2.75) is 117 Å². The summed E-state index contributed by atoms with van der Waals surface area (Å²) in [7, 11) is 0. The molecule has 39 heavy (non-hydrogen) atoms. The summed E-state index contributed by atoms with van der Waals surface area (Å²) in [6, 6.07) is 9.53. The van der Waals surface area contributed by atoms with Gasteiger partial charge in [0.2, 0.25) is 0 Å². The van der Waals surface area contributed by atoms with Crippen LogP contribution in [0.3, 0.4) is 0 Å². The Labute approximate surface area is 236 Å². The van der Waals surface area contributed by atoms with Crippen LogP contribution < -0.4 is 0 Å². The lowest BCUT2D eigenvalue weighted by Crippen LogP contribution is -2.41. The van der Waals surface area contributed by atoms with Crippen LogP contribution in [0.25, 0.3) is 22.2 Å². The first-order valence-corrected chi connectivity index (χ1v) is 15.3. The van der Waals surface area contributed by atoms with Crippen molar-refractivity contribution < 1.29 is 9.53 Å². The van der Waals surface area contributed by atoms with Crippen LogP contribution in [0.4, 0.5) is 4.79 Å². The second-order valence-corrected chi connectivity index (χ2v) is 12.2. The fourth-order valence-corrected chi connectivity index (χ4v) is 6.30. The summed E-state index contributed by atoms with van der Waals surface area (Å²) in [5.41, 5.74) is 7.32. The van der Waals surface area contributed by atoms with Crippen LogP contribution in [0, 0.1) is 0 Å². The number of aromatic nitrogens is 2. The van der Waals surface area contributed by atoms with Crippen molar-refractivity contribution in [2.24, 2.45) is 0 Å². The van der Waals surface area contributed by atoms with Crippen molar-refractivity contribution in [3.8, 4) is 11.3 Å². The molecular weight excluding hydrogens is 482 g/mol. The summed E-state index contributed by atoms with van der Waals surface area (Å²) in [4.78, 5) is 19.7. The Morgan fingerprint density at radius 3 is 2.18 bits per heavy atom. The molecule has 3 aromatic rings. The molecule has 2 aromatic heterocycles. The Morgan fingerprint density at radius 1 is 1.03 bits per heavy atom. The fraction of sp³-hybridized carbons (Fsp3) is 0.588. The molecule has 0 saturated carbocycles. The number of likely N-dealkylation sites (tertiary alicyclic amines) is 1. The Morgan fingerprint density at radius 2 is 1.64 bits per heavy atom. The molecule has 1 aliphatic heterocycles. The van der Waals surface area contributed by atoms with Gasteiger partial charge in [0.25, 0.3) is 0 Å². The molecule has 4 rings (SSSR count). The van der Waals surface area contributed by atoms with E-state index in [1.54, 1.807) is 0 Å². The molecule has 0 aliphatic carbocycles. The first kappa shape index (κ1) is 29.2. The molecule has 212 valence electrons. The van der Waals surface area contributed by atoms with Crippen LogP contribution >= 0.6 is 0 Å². The number of carbonyl (C=O) groups is 1. The van der Waals surface area contributed by atoms with E-state index >= 15 is 0 Å². The first-order valence-electron chi connectivity index (χ1n) is 15.3. The number of fused-ring (bicyclic) bond motifs is 1. The number of rotatable bonds is 9. The smallest absolute Gasteiger partial charge is 0.410 e. The van der Waals surface area contributed by atoms with Gasteiger partial charge in [0.15, 0.2) is 0 Å². The highest BCUT2D eigenvalue weighted by Crippen LogP contribution is 2.39. The number of amides is 1. The molecule has 0 radical (unpaired) electrons. The number of hydrogen-bond donors (Lipinski definition) is 0. The predicted molar refractivity (Wildman–Crippen MR) is 163 cm³/mol. The minimum atomic E-state index is -0.468. The molecular formula is C34H49N3O2. The number of piperidine rings is 1. The summed E-state index contributed by atoms with van der Waals surface area (Å²) in [5.74, 6) is 0.415. The molecule has 1 saturated heterocycles. The maximum atomic E-state index is 12.7. The van der Waals surface area contributed by atoms with Crippen LogP contribution in [-0.4, -0.2) is 39.2 Å². The van der Waals surface area contributed by atoms with Crippen LogP contribution in [-0.2, 0) is 17.6 Å².